The van der Waals surface area contributed by atoms with Gasteiger partial charge >= 0.3 is 5.63 Å². The van der Waals surface area contributed by atoms with Crippen molar-refractivity contribution in [2.24, 2.45) is 0 Å². The van der Waals surface area contributed by atoms with E-state index in [2.05, 4.69) is 5.32 Å². The highest BCUT2D eigenvalue weighted by Crippen LogP contribution is 2.33. The molecule has 0 saturated carbocycles. The summed E-state index contributed by atoms with van der Waals surface area (Å²) in [6.07, 6.45) is -0.258. The summed E-state index contributed by atoms with van der Waals surface area (Å²) in [5.41, 5.74) is 0.842. The Morgan fingerprint density at radius 2 is 1.32 bits per heavy atom. The Bertz CT molecular complexity index is 1680. The number of nitrogens with one attached hydrogen (secondary N) is 1. The molecule has 0 unspecified atom stereocenters. The van der Waals surface area contributed by atoms with Crippen LogP contribution in [0.15, 0.2) is 91.8 Å². The van der Waals surface area contributed by atoms with Crippen molar-refractivity contribution < 1.29 is 26.0 Å². The van der Waals surface area contributed by atoms with E-state index in [0.29, 0.717) is 3.71 Å². The molecule has 4 rings (SSSR count). The first-order valence-corrected chi connectivity index (χ1v) is 14.0. The van der Waals surface area contributed by atoms with E-state index >= 15 is 0 Å². The summed E-state index contributed by atoms with van der Waals surface area (Å²) in [6.45, 7) is 3.56. The van der Waals surface area contributed by atoms with Gasteiger partial charge in [-0.1, -0.05) is 35.4 Å². The lowest BCUT2D eigenvalue weighted by atomic mass is 10.1. The van der Waals surface area contributed by atoms with Gasteiger partial charge in [-0.15, -0.1) is 0 Å². The molecular weight excluding hydrogens is 516 g/mol. The second kappa shape index (κ2) is 9.83. The first kappa shape index (κ1) is 26.1. The monoisotopic (exact) mass is 540 g/mol. The number of rotatable bonds is 7. The quantitative estimate of drug-likeness (QED) is 0.356. The van der Waals surface area contributed by atoms with E-state index < -0.39 is 31.6 Å². The van der Waals surface area contributed by atoms with E-state index in [4.69, 9.17) is 4.42 Å². The predicted octanol–water partition coefficient (Wildman–Crippen LogP) is 3.28. The van der Waals surface area contributed by atoms with Gasteiger partial charge in [-0.3, -0.25) is 4.79 Å². The van der Waals surface area contributed by atoms with Gasteiger partial charge in [0.2, 0.25) is 5.91 Å². The molecule has 4 aromatic rings. The van der Waals surface area contributed by atoms with Crippen molar-refractivity contribution in [3.05, 3.63) is 99.9 Å². The van der Waals surface area contributed by atoms with Crippen molar-refractivity contribution in [2.45, 2.75) is 30.1 Å². The minimum Gasteiger partial charge on any atom is -0.423 e. The molecule has 1 N–H and O–H groups in total. The van der Waals surface area contributed by atoms with Crippen LogP contribution in [0.3, 0.4) is 0 Å². The molecule has 0 radical (unpaired) electrons. The molecule has 192 valence electrons. The van der Waals surface area contributed by atoms with Crippen LogP contribution < -0.4 is 14.7 Å². The van der Waals surface area contributed by atoms with Crippen molar-refractivity contribution in [1.29, 1.82) is 0 Å². The lowest BCUT2D eigenvalue weighted by molar-refractivity contribution is -0.120. The molecule has 0 spiro atoms. The van der Waals surface area contributed by atoms with Crippen molar-refractivity contribution >= 4 is 42.6 Å². The molecule has 3 aromatic carbocycles. The molecule has 1 aromatic heterocycles. The predicted molar refractivity (Wildman–Crippen MR) is 139 cm³/mol. The van der Waals surface area contributed by atoms with Crippen LogP contribution in [-0.4, -0.2) is 29.8 Å². The van der Waals surface area contributed by atoms with Gasteiger partial charge in [0.25, 0.3) is 20.0 Å². The van der Waals surface area contributed by atoms with E-state index in [-0.39, 0.29) is 38.4 Å². The standard InChI is InChI=1S/C26H24N2O7S2/c1-17-4-9-22(10-5-17)36(31,32)28(37(33,34)23-11-6-18(2)7-12-23)21-8-13-24-19(15-21)14-20(26(30)35-24)16-25(29)27-3/h4-15H,16H2,1-3H3,(H,27,29). The molecule has 0 aliphatic heterocycles. The Morgan fingerprint density at radius 3 is 1.81 bits per heavy atom. The van der Waals surface area contributed by atoms with Crippen LogP contribution in [0.1, 0.15) is 16.7 Å². The van der Waals surface area contributed by atoms with E-state index in [9.17, 15) is 26.4 Å². The molecule has 0 bridgehead atoms. The molecule has 37 heavy (non-hydrogen) atoms. The maximum atomic E-state index is 13.8. The fourth-order valence-electron chi connectivity index (χ4n) is 3.67. The van der Waals surface area contributed by atoms with E-state index in [1.54, 1.807) is 38.1 Å². The highest BCUT2D eigenvalue weighted by Gasteiger charge is 2.37. The number of hydrogen-bond donors (Lipinski definition) is 1. The molecule has 0 saturated heterocycles. The molecule has 0 aliphatic rings. The number of fused-ring (bicyclic) bond motifs is 1. The van der Waals surface area contributed by atoms with Gasteiger partial charge in [0.15, 0.2) is 0 Å². The molecular formula is C26H24N2O7S2. The Kier molecular flexibility index (Phi) is 6.94. The van der Waals surface area contributed by atoms with Crippen LogP contribution in [0.25, 0.3) is 11.0 Å². The Morgan fingerprint density at radius 1 is 0.811 bits per heavy atom. The number of hydrogen-bond acceptors (Lipinski definition) is 7. The zero-order valence-corrected chi connectivity index (χ0v) is 21.9. The summed E-state index contributed by atoms with van der Waals surface area (Å²) in [5.74, 6) is -0.423. The zero-order valence-electron chi connectivity index (χ0n) is 20.3. The van der Waals surface area contributed by atoms with E-state index in [1.165, 1.54) is 55.6 Å². The molecule has 1 heterocycles. The van der Waals surface area contributed by atoms with Crippen LogP contribution in [0, 0.1) is 13.8 Å². The van der Waals surface area contributed by atoms with Crippen LogP contribution in [0.4, 0.5) is 5.69 Å². The first-order valence-electron chi connectivity index (χ1n) is 11.1. The van der Waals surface area contributed by atoms with Gasteiger partial charge < -0.3 is 9.73 Å². The fraction of sp³-hybridized carbons (Fsp3) is 0.154. The lowest BCUT2D eigenvalue weighted by Gasteiger charge is -2.24. The van der Waals surface area contributed by atoms with Crippen molar-refractivity contribution in [1.82, 2.24) is 5.32 Å². The first-order chi connectivity index (χ1) is 17.4. The highest BCUT2D eigenvalue weighted by atomic mass is 32.3. The Labute approximate surface area is 214 Å². The third-order valence-electron chi connectivity index (χ3n) is 5.70. The number of sulfonamides is 2. The average Bonchev–Trinajstić information content (AvgIpc) is 2.85. The Hall–Kier alpha value is -3.96. The lowest BCUT2D eigenvalue weighted by Crippen LogP contribution is -2.37. The molecule has 0 aliphatic carbocycles. The van der Waals surface area contributed by atoms with E-state index in [0.717, 1.165) is 11.1 Å². The van der Waals surface area contributed by atoms with Gasteiger partial charge in [-0.2, -0.15) is 3.71 Å². The minimum atomic E-state index is -4.61. The van der Waals surface area contributed by atoms with Gasteiger partial charge in [0, 0.05) is 18.0 Å². The SMILES string of the molecule is CNC(=O)Cc1cc2cc(N(S(=O)(=O)c3ccc(C)cc3)S(=O)(=O)c3ccc(C)cc3)ccc2oc1=O. The summed E-state index contributed by atoms with van der Waals surface area (Å²) >= 11 is 0. The highest BCUT2D eigenvalue weighted by molar-refractivity contribution is 8.10. The summed E-state index contributed by atoms with van der Waals surface area (Å²) in [6, 6.07) is 16.9. The summed E-state index contributed by atoms with van der Waals surface area (Å²) in [4.78, 5) is 23.7. The van der Waals surface area contributed by atoms with Gasteiger partial charge in [0.05, 0.1) is 21.9 Å². The van der Waals surface area contributed by atoms with Crippen LogP contribution in [0.2, 0.25) is 0 Å². The topological polar surface area (TPSA) is 131 Å². The number of aryl methyl sites for hydroxylation is 2. The summed E-state index contributed by atoms with van der Waals surface area (Å²) in [7, 11) is -7.79. The third-order valence-corrected chi connectivity index (χ3v) is 9.91. The number of carbonyl (C=O) groups excluding carboxylic acids is 1. The molecule has 0 atom stereocenters. The summed E-state index contributed by atoms with van der Waals surface area (Å²) in [5, 5.41) is 2.67. The third kappa shape index (κ3) is 5.13. The van der Waals surface area contributed by atoms with Gasteiger partial charge in [-0.25, -0.2) is 21.6 Å². The molecule has 9 nitrogen and oxygen atoms in total. The fourth-order valence-corrected chi connectivity index (χ4v) is 7.35. The zero-order chi connectivity index (χ0) is 27.0. The smallest absolute Gasteiger partial charge is 0.339 e. The van der Waals surface area contributed by atoms with Gasteiger partial charge in [0.1, 0.15) is 5.58 Å². The maximum Gasteiger partial charge on any atom is 0.339 e. The summed E-state index contributed by atoms with van der Waals surface area (Å²) < 4.78 is 60.8. The van der Waals surface area contributed by atoms with Crippen LogP contribution >= 0.6 is 0 Å². The number of likely N-dealkylation sites (N-methyl/N-ethyl adjacent to an activating group) is 1. The van der Waals surface area contributed by atoms with Crippen molar-refractivity contribution in [3.8, 4) is 0 Å². The Balaban J connectivity index is 1.96. The number of amides is 1. The normalized spacial score (nSPS) is 11.9. The van der Waals surface area contributed by atoms with Gasteiger partial charge in [-0.05, 0) is 62.4 Å². The van der Waals surface area contributed by atoms with Crippen LogP contribution in [0.5, 0.6) is 0 Å². The second-order valence-electron chi connectivity index (χ2n) is 8.46. The molecule has 1 amide bonds. The molecule has 0 fully saturated rings. The van der Waals surface area contributed by atoms with Crippen molar-refractivity contribution in [3.63, 3.8) is 0 Å². The van der Waals surface area contributed by atoms with Crippen molar-refractivity contribution in [2.75, 3.05) is 10.8 Å². The largest absolute Gasteiger partial charge is 0.423 e. The number of carbonyl (C=O) groups is 1. The number of anilines is 1. The maximum absolute atomic E-state index is 13.8. The minimum absolute atomic E-state index is 0.0401. The van der Waals surface area contributed by atoms with Crippen LogP contribution in [-0.2, 0) is 31.3 Å². The van der Waals surface area contributed by atoms with E-state index in [1.807, 2.05) is 0 Å². The number of benzene rings is 3. The molecule has 11 heteroatoms. The number of nitrogens with zero attached hydrogens (tertiary/aromatic N) is 1. The second-order valence-corrected chi connectivity index (χ2v) is 12.3. The average molecular weight is 541 g/mol.